The van der Waals surface area contributed by atoms with Gasteiger partial charge in [0.2, 0.25) is 11.8 Å². The molecule has 1 saturated heterocycles. The normalized spacial score (nSPS) is 25.3. The molecule has 1 fully saturated rings. The Kier molecular flexibility index (Phi) is 5.97. The molecule has 0 saturated carbocycles. The van der Waals surface area contributed by atoms with Crippen LogP contribution in [-0.2, 0) is 0 Å². The van der Waals surface area contributed by atoms with E-state index in [4.69, 9.17) is 15.8 Å². The number of fused-ring (bicyclic) bond motifs is 1. The van der Waals surface area contributed by atoms with Gasteiger partial charge in [-0.15, -0.1) is 0 Å². The fraction of sp³-hybridized carbons (Fsp3) is 0.423. The summed E-state index contributed by atoms with van der Waals surface area (Å²) < 4.78 is -0.676. The summed E-state index contributed by atoms with van der Waals surface area (Å²) in [4.78, 5) is 13.5. The number of piperidine rings is 1. The molecule has 0 aliphatic carbocycles. The van der Waals surface area contributed by atoms with Crippen LogP contribution in [0.25, 0.3) is 11.3 Å². The molecule has 1 aromatic carbocycles. The van der Waals surface area contributed by atoms with E-state index in [1.165, 1.54) is 12.8 Å². The number of guanidine groups is 1. The van der Waals surface area contributed by atoms with Crippen LogP contribution in [0.1, 0.15) is 42.3 Å². The number of hydrogen-bond acceptors (Lipinski definition) is 7. The van der Waals surface area contributed by atoms with Crippen LogP contribution in [0.2, 0.25) is 0 Å². The highest BCUT2D eigenvalue weighted by Crippen LogP contribution is 2.37. The largest absolute Gasteiger partial charge is 0.603 e. The lowest BCUT2D eigenvalue weighted by atomic mass is 9.96. The molecule has 2 aromatic rings. The molecule has 5 rings (SSSR count). The molecule has 34 heavy (non-hydrogen) atoms. The molecule has 2 unspecified atom stereocenters. The van der Waals surface area contributed by atoms with E-state index >= 15 is 0 Å². The Hall–Kier alpha value is -3.07. The summed E-state index contributed by atoms with van der Waals surface area (Å²) in [5, 5.41) is 18.6. The van der Waals surface area contributed by atoms with Crippen molar-refractivity contribution in [1.29, 1.82) is 0 Å². The number of nitrogens with zero attached hydrogens (tertiary/aromatic N) is 6. The number of aliphatic imine (C=N–C) groups is 1. The van der Waals surface area contributed by atoms with Crippen molar-refractivity contribution >= 4 is 23.1 Å². The topological polar surface area (TPSA) is 93.2 Å². The number of hydrogen-bond donors (Lipinski definition) is 1. The van der Waals surface area contributed by atoms with Gasteiger partial charge in [-0.25, -0.2) is 14.6 Å². The van der Waals surface area contributed by atoms with Crippen LogP contribution in [-0.4, -0.2) is 64.2 Å². The van der Waals surface area contributed by atoms with Gasteiger partial charge in [-0.05, 0) is 56.8 Å². The molecule has 0 spiro atoms. The Morgan fingerprint density at radius 1 is 1.12 bits per heavy atom. The Balaban J connectivity index is 1.56. The molecule has 1 aromatic heterocycles. The summed E-state index contributed by atoms with van der Waals surface area (Å²) >= 11 is 0. The first-order valence-electron chi connectivity index (χ1n) is 12.1. The van der Waals surface area contributed by atoms with Crippen LogP contribution < -0.4 is 5.73 Å². The second-order valence-corrected chi connectivity index (χ2v) is 9.81. The molecule has 4 heterocycles. The summed E-state index contributed by atoms with van der Waals surface area (Å²) in [7, 11) is 0. The number of quaternary nitrogens is 1. The average Bonchev–Trinajstić information content (AvgIpc) is 3.16. The fourth-order valence-corrected chi connectivity index (χ4v) is 5.21. The first-order chi connectivity index (χ1) is 16.3. The lowest BCUT2D eigenvalue weighted by molar-refractivity contribution is -0.886. The van der Waals surface area contributed by atoms with E-state index in [1.54, 1.807) is 4.90 Å². The quantitative estimate of drug-likeness (QED) is 0.545. The minimum Gasteiger partial charge on any atom is -0.603 e. The maximum atomic E-state index is 13.8. The second kappa shape index (κ2) is 8.94. The first-order valence-corrected chi connectivity index (χ1v) is 12.1. The van der Waals surface area contributed by atoms with Gasteiger partial charge < -0.3 is 10.9 Å². The number of nitrogens with two attached hydrogens (primary N) is 1. The van der Waals surface area contributed by atoms with Crippen LogP contribution in [0, 0.1) is 25.0 Å². The molecule has 2 atom stereocenters. The number of hydroxylamine groups is 2. The van der Waals surface area contributed by atoms with Crippen molar-refractivity contribution < 1.29 is 4.76 Å². The molecule has 3 aliphatic rings. The Morgan fingerprint density at radius 3 is 2.56 bits per heavy atom. The van der Waals surface area contributed by atoms with Crippen molar-refractivity contribution in [2.75, 3.05) is 32.8 Å². The van der Waals surface area contributed by atoms with Gasteiger partial charge in [0, 0.05) is 23.5 Å². The highest BCUT2D eigenvalue weighted by atomic mass is 16.6. The molecule has 8 nitrogen and oxygen atoms in total. The van der Waals surface area contributed by atoms with E-state index in [0.29, 0.717) is 24.3 Å². The lowest BCUT2D eigenvalue weighted by Gasteiger charge is -2.36. The van der Waals surface area contributed by atoms with Gasteiger partial charge in [0.15, 0.2) is 6.67 Å². The molecule has 2 N–H and O–H groups in total. The van der Waals surface area contributed by atoms with Gasteiger partial charge in [0.25, 0.3) is 0 Å². The number of rotatable bonds is 5. The summed E-state index contributed by atoms with van der Waals surface area (Å²) in [5.74, 6) is 1.58. The van der Waals surface area contributed by atoms with Crippen molar-refractivity contribution in [2.24, 2.45) is 21.7 Å². The molecular weight excluding hydrogens is 426 g/mol. The highest BCUT2D eigenvalue weighted by molar-refractivity contribution is 6.35. The standard InChI is InChI=1S/C26H33N7O/c1-18-8-7-11-31(16-18)12-13-33(34)17-32-25(30-33)23(22-14-19(2)28-20(3)15-22)24(29-26(32)27)21-9-5-4-6-10-21/h4-6,9-10,14-15,18H,7-8,11-13,16-17H2,1-3H3,(H2,27,29). The zero-order chi connectivity index (χ0) is 23.9. The van der Waals surface area contributed by atoms with Crippen molar-refractivity contribution in [2.45, 2.75) is 33.6 Å². The maximum absolute atomic E-state index is 13.8. The minimum atomic E-state index is -0.676. The molecule has 0 bridgehead atoms. The van der Waals surface area contributed by atoms with Crippen molar-refractivity contribution in [3.8, 4) is 0 Å². The number of aromatic nitrogens is 1. The zero-order valence-corrected chi connectivity index (χ0v) is 20.2. The Labute approximate surface area is 201 Å². The van der Waals surface area contributed by atoms with E-state index in [0.717, 1.165) is 53.4 Å². The van der Waals surface area contributed by atoms with E-state index in [2.05, 4.69) is 16.8 Å². The van der Waals surface area contributed by atoms with Gasteiger partial charge in [0.1, 0.15) is 6.54 Å². The van der Waals surface area contributed by atoms with E-state index in [1.807, 2.05) is 56.3 Å². The lowest BCUT2D eigenvalue weighted by Crippen LogP contribution is -2.49. The van der Waals surface area contributed by atoms with Crippen LogP contribution >= 0.6 is 0 Å². The van der Waals surface area contributed by atoms with Gasteiger partial charge in [-0.3, -0.25) is 9.88 Å². The van der Waals surface area contributed by atoms with Crippen molar-refractivity contribution in [3.63, 3.8) is 0 Å². The van der Waals surface area contributed by atoms with Gasteiger partial charge in [-0.2, -0.15) is 0 Å². The monoisotopic (exact) mass is 459 g/mol. The Morgan fingerprint density at radius 2 is 1.85 bits per heavy atom. The van der Waals surface area contributed by atoms with E-state index in [-0.39, 0.29) is 6.67 Å². The van der Waals surface area contributed by atoms with Crippen LogP contribution in [0.15, 0.2) is 52.6 Å². The summed E-state index contributed by atoms with van der Waals surface area (Å²) in [6.07, 6.45) is 2.45. The number of aryl methyl sites for hydroxylation is 2. The van der Waals surface area contributed by atoms with Gasteiger partial charge >= 0.3 is 0 Å². The van der Waals surface area contributed by atoms with E-state index in [9.17, 15) is 5.21 Å². The van der Waals surface area contributed by atoms with E-state index < -0.39 is 4.76 Å². The third-order valence-corrected chi connectivity index (χ3v) is 6.78. The smallest absolute Gasteiger partial charge is 0.207 e. The molecule has 0 radical (unpaired) electrons. The molecule has 178 valence electrons. The average molecular weight is 460 g/mol. The number of amidine groups is 1. The molecular formula is C26H33N7O. The third kappa shape index (κ3) is 4.49. The van der Waals surface area contributed by atoms with Crippen molar-refractivity contribution in [3.05, 3.63) is 70.2 Å². The minimum absolute atomic E-state index is 0.142. The zero-order valence-electron chi connectivity index (χ0n) is 20.2. The van der Waals surface area contributed by atoms with Gasteiger partial charge in [-0.1, -0.05) is 42.4 Å². The summed E-state index contributed by atoms with van der Waals surface area (Å²) in [6, 6.07) is 14.0. The number of benzene rings is 1. The SMILES string of the molecule is Cc1cc(C2=C(c3ccccc3)N=C(N)N3C[N+]([O-])(CCN4CCCC(C)C4)N=C23)cc(C)n1. The summed E-state index contributed by atoms with van der Waals surface area (Å²) in [5.41, 5.74) is 11.7. The number of pyridine rings is 1. The molecule has 0 amide bonds. The second-order valence-electron chi connectivity index (χ2n) is 9.81. The number of likely N-dealkylation sites (tertiary alicyclic amines) is 1. The molecule has 3 aliphatic heterocycles. The van der Waals surface area contributed by atoms with Crippen LogP contribution in [0.3, 0.4) is 0 Å². The summed E-state index contributed by atoms with van der Waals surface area (Å²) in [6.45, 7) is 9.58. The fourth-order valence-electron chi connectivity index (χ4n) is 5.21. The van der Waals surface area contributed by atoms with Gasteiger partial charge in [0.05, 0.1) is 17.8 Å². The predicted octanol–water partition coefficient (Wildman–Crippen LogP) is 3.53. The van der Waals surface area contributed by atoms with Crippen molar-refractivity contribution in [1.82, 2.24) is 14.8 Å². The highest BCUT2D eigenvalue weighted by Gasteiger charge is 2.41. The predicted molar refractivity (Wildman–Crippen MR) is 136 cm³/mol. The van der Waals surface area contributed by atoms with Crippen LogP contribution in [0.5, 0.6) is 0 Å². The third-order valence-electron chi connectivity index (χ3n) is 6.78. The maximum Gasteiger partial charge on any atom is 0.207 e. The first kappa shape index (κ1) is 22.7. The van der Waals surface area contributed by atoms with Crippen LogP contribution in [0.4, 0.5) is 0 Å². The Bertz CT molecular complexity index is 1150. The molecule has 8 heteroatoms.